The van der Waals surface area contributed by atoms with Crippen molar-refractivity contribution in [3.05, 3.63) is 33.8 Å². The number of hydrogen-bond donors (Lipinski definition) is 1. The molecule has 17 heavy (non-hydrogen) atoms. The van der Waals surface area contributed by atoms with E-state index in [1.807, 2.05) is 0 Å². The molecular formula is C15H24BrN. The van der Waals surface area contributed by atoms with Gasteiger partial charge in [0.2, 0.25) is 0 Å². The number of aryl methyl sites for hydroxylation is 1. The molecular weight excluding hydrogens is 274 g/mol. The summed E-state index contributed by atoms with van der Waals surface area (Å²) < 4.78 is 1.20. The molecule has 0 fully saturated rings. The van der Waals surface area contributed by atoms with Crippen molar-refractivity contribution in [1.82, 2.24) is 5.32 Å². The van der Waals surface area contributed by atoms with E-state index in [4.69, 9.17) is 0 Å². The normalized spacial score (nSPS) is 13.1. The smallest absolute Gasteiger partial charge is 0.0348 e. The number of nitrogens with one attached hydrogen (secondary N) is 1. The van der Waals surface area contributed by atoms with Gasteiger partial charge in [-0.1, -0.05) is 61.7 Å². The first-order chi connectivity index (χ1) is 8.13. The van der Waals surface area contributed by atoms with Crippen LogP contribution < -0.4 is 5.32 Å². The van der Waals surface area contributed by atoms with Gasteiger partial charge in [-0.05, 0) is 36.6 Å². The zero-order chi connectivity index (χ0) is 12.8. The lowest BCUT2D eigenvalue weighted by Crippen LogP contribution is -2.27. The monoisotopic (exact) mass is 297 g/mol. The molecule has 96 valence electrons. The summed E-state index contributed by atoms with van der Waals surface area (Å²) >= 11 is 3.57. The lowest BCUT2D eigenvalue weighted by atomic mass is 9.88. The minimum atomic E-state index is 0.488. The van der Waals surface area contributed by atoms with Gasteiger partial charge in [0, 0.05) is 10.5 Å². The highest BCUT2D eigenvalue weighted by atomic mass is 79.9. The predicted octanol–water partition coefficient (Wildman–Crippen LogP) is 4.84. The molecule has 1 N–H and O–H groups in total. The SMILES string of the molecule is CCNC(c1ccc(Br)c(C)c1)C(CC)CC. The maximum Gasteiger partial charge on any atom is 0.0348 e. The third kappa shape index (κ3) is 3.82. The van der Waals surface area contributed by atoms with E-state index in [0.29, 0.717) is 6.04 Å². The van der Waals surface area contributed by atoms with Crippen LogP contribution in [0.1, 0.15) is 50.8 Å². The van der Waals surface area contributed by atoms with Crippen LogP contribution >= 0.6 is 15.9 Å². The molecule has 0 spiro atoms. The Morgan fingerprint density at radius 1 is 1.18 bits per heavy atom. The van der Waals surface area contributed by atoms with Crippen molar-refractivity contribution in [2.75, 3.05) is 6.54 Å². The molecule has 0 radical (unpaired) electrons. The lowest BCUT2D eigenvalue weighted by Gasteiger charge is -2.27. The van der Waals surface area contributed by atoms with Crippen LogP contribution in [0.3, 0.4) is 0 Å². The van der Waals surface area contributed by atoms with Gasteiger partial charge < -0.3 is 5.32 Å². The van der Waals surface area contributed by atoms with Gasteiger partial charge >= 0.3 is 0 Å². The Bertz CT molecular complexity index is 345. The first-order valence-corrected chi connectivity index (χ1v) is 7.42. The Morgan fingerprint density at radius 3 is 2.29 bits per heavy atom. The highest BCUT2D eigenvalue weighted by molar-refractivity contribution is 9.10. The van der Waals surface area contributed by atoms with Gasteiger partial charge in [-0.2, -0.15) is 0 Å². The molecule has 0 saturated carbocycles. The molecule has 1 rings (SSSR count). The van der Waals surface area contributed by atoms with E-state index >= 15 is 0 Å². The van der Waals surface area contributed by atoms with Crippen molar-refractivity contribution in [2.24, 2.45) is 5.92 Å². The Morgan fingerprint density at radius 2 is 1.82 bits per heavy atom. The van der Waals surface area contributed by atoms with Gasteiger partial charge in [0.1, 0.15) is 0 Å². The van der Waals surface area contributed by atoms with Crippen molar-refractivity contribution in [3.8, 4) is 0 Å². The molecule has 0 aliphatic heterocycles. The first kappa shape index (κ1) is 14.7. The molecule has 0 aliphatic rings. The molecule has 1 aromatic carbocycles. The predicted molar refractivity (Wildman–Crippen MR) is 79.4 cm³/mol. The van der Waals surface area contributed by atoms with Crippen molar-refractivity contribution in [3.63, 3.8) is 0 Å². The van der Waals surface area contributed by atoms with Crippen LogP contribution in [-0.4, -0.2) is 6.54 Å². The summed E-state index contributed by atoms with van der Waals surface area (Å²) in [6.45, 7) is 9.93. The van der Waals surface area contributed by atoms with Gasteiger partial charge in [0.15, 0.2) is 0 Å². The third-order valence-electron chi connectivity index (χ3n) is 3.49. The van der Waals surface area contributed by atoms with Crippen LogP contribution in [0.5, 0.6) is 0 Å². The molecule has 1 nitrogen and oxygen atoms in total. The van der Waals surface area contributed by atoms with Gasteiger partial charge in [-0.3, -0.25) is 0 Å². The average molecular weight is 298 g/mol. The molecule has 1 unspecified atom stereocenters. The van der Waals surface area contributed by atoms with Crippen LogP contribution in [0, 0.1) is 12.8 Å². The second-order valence-corrected chi connectivity index (χ2v) is 5.47. The van der Waals surface area contributed by atoms with E-state index in [-0.39, 0.29) is 0 Å². The molecule has 0 aliphatic carbocycles. The van der Waals surface area contributed by atoms with Crippen molar-refractivity contribution in [2.45, 2.75) is 46.6 Å². The Hall–Kier alpha value is -0.340. The zero-order valence-corrected chi connectivity index (χ0v) is 13.0. The first-order valence-electron chi connectivity index (χ1n) is 6.63. The number of halogens is 1. The molecule has 1 aromatic rings. The Kier molecular flexibility index (Phi) is 6.21. The van der Waals surface area contributed by atoms with E-state index in [2.05, 4.69) is 67.1 Å². The standard InChI is InChI=1S/C15H24BrN/c1-5-12(6-2)15(17-7-3)13-8-9-14(16)11(4)10-13/h8-10,12,15,17H,5-7H2,1-4H3. The van der Waals surface area contributed by atoms with Gasteiger partial charge in [-0.25, -0.2) is 0 Å². The molecule has 0 saturated heterocycles. The minimum Gasteiger partial charge on any atom is -0.310 e. The summed E-state index contributed by atoms with van der Waals surface area (Å²) in [6.07, 6.45) is 2.45. The summed E-state index contributed by atoms with van der Waals surface area (Å²) in [7, 11) is 0. The van der Waals surface area contributed by atoms with Crippen LogP contribution in [0.2, 0.25) is 0 Å². The summed E-state index contributed by atoms with van der Waals surface area (Å²) in [5.41, 5.74) is 2.73. The van der Waals surface area contributed by atoms with Gasteiger partial charge in [-0.15, -0.1) is 0 Å². The second kappa shape index (κ2) is 7.17. The molecule has 2 heteroatoms. The zero-order valence-electron chi connectivity index (χ0n) is 11.4. The minimum absolute atomic E-state index is 0.488. The lowest BCUT2D eigenvalue weighted by molar-refractivity contribution is 0.346. The fourth-order valence-electron chi connectivity index (χ4n) is 2.40. The van der Waals surface area contributed by atoms with Crippen molar-refractivity contribution >= 4 is 15.9 Å². The summed E-state index contributed by atoms with van der Waals surface area (Å²) in [4.78, 5) is 0. The van der Waals surface area contributed by atoms with Crippen LogP contribution in [0.4, 0.5) is 0 Å². The molecule has 0 aromatic heterocycles. The van der Waals surface area contributed by atoms with E-state index in [1.54, 1.807) is 0 Å². The van der Waals surface area contributed by atoms with Crippen LogP contribution in [0.15, 0.2) is 22.7 Å². The quantitative estimate of drug-likeness (QED) is 0.792. The Balaban J connectivity index is 2.99. The summed E-state index contributed by atoms with van der Waals surface area (Å²) in [5.74, 6) is 0.718. The number of hydrogen-bond acceptors (Lipinski definition) is 1. The Labute approximate surface area is 114 Å². The third-order valence-corrected chi connectivity index (χ3v) is 4.38. The topological polar surface area (TPSA) is 12.0 Å². The van der Waals surface area contributed by atoms with Crippen LogP contribution in [-0.2, 0) is 0 Å². The maximum absolute atomic E-state index is 3.63. The molecule has 0 amide bonds. The van der Waals surface area contributed by atoms with Crippen LogP contribution in [0.25, 0.3) is 0 Å². The highest BCUT2D eigenvalue weighted by Crippen LogP contribution is 2.29. The van der Waals surface area contributed by atoms with E-state index in [1.165, 1.54) is 28.4 Å². The molecule has 1 atom stereocenters. The van der Waals surface area contributed by atoms with Crippen molar-refractivity contribution in [1.29, 1.82) is 0 Å². The molecule has 0 bridgehead atoms. The van der Waals surface area contributed by atoms with E-state index < -0.39 is 0 Å². The van der Waals surface area contributed by atoms with E-state index in [9.17, 15) is 0 Å². The number of benzene rings is 1. The second-order valence-electron chi connectivity index (χ2n) is 4.62. The van der Waals surface area contributed by atoms with Crippen molar-refractivity contribution < 1.29 is 0 Å². The number of rotatable bonds is 6. The fraction of sp³-hybridized carbons (Fsp3) is 0.600. The fourth-order valence-corrected chi connectivity index (χ4v) is 2.64. The highest BCUT2D eigenvalue weighted by Gasteiger charge is 2.19. The summed E-state index contributed by atoms with van der Waals surface area (Å²) in [5, 5.41) is 3.63. The summed E-state index contributed by atoms with van der Waals surface area (Å²) in [6, 6.07) is 7.19. The molecule has 0 heterocycles. The average Bonchev–Trinajstić information content (AvgIpc) is 2.33. The van der Waals surface area contributed by atoms with E-state index in [0.717, 1.165) is 12.5 Å². The maximum atomic E-state index is 3.63. The van der Waals surface area contributed by atoms with Gasteiger partial charge in [0.05, 0.1) is 0 Å². The largest absolute Gasteiger partial charge is 0.310 e. The van der Waals surface area contributed by atoms with Gasteiger partial charge in [0.25, 0.3) is 0 Å².